The number of imidazole rings is 1. The molecule has 1 aliphatic heterocycles. The van der Waals surface area contributed by atoms with Crippen molar-refractivity contribution in [2.75, 3.05) is 16.8 Å². The fraction of sp³-hybridized carbons (Fsp3) is 0.261. The van der Waals surface area contributed by atoms with E-state index >= 15 is 0 Å². The molecule has 0 unspecified atom stereocenters. The van der Waals surface area contributed by atoms with Gasteiger partial charge in [0.05, 0.1) is 29.3 Å². The van der Waals surface area contributed by atoms with Crippen molar-refractivity contribution in [1.82, 2.24) is 29.9 Å². The predicted octanol–water partition coefficient (Wildman–Crippen LogP) is 3.69. The van der Waals surface area contributed by atoms with Crippen LogP contribution in [0.1, 0.15) is 19.8 Å². The number of carbonyl (C=O) groups is 1. The van der Waals surface area contributed by atoms with Crippen LogP contribution < -0.4 is 15.5 Å². The summed E-state index contributed by atoms with van der Waals surface area (Å²) in [4.78, 5) is 26.1. The Morgan fingerprint density at radius 2 is 2.03 bits per heavy atom. The minimum Gasteiger partial charge on any atom is -0.465 e. The van der Waals surface area contributed by atoms with Crippen molar-refractivity contribution in [3.05, 3.63) is 60.9 Å². The Labute approximate surface area is 194 Å². The minimum absolute atomic E-state index is 0.158. The van der Waals surface area contributed by atoms with Gasteiger partial charge in [0.2, 0.25) is 5.95 Å². The monoisotopic (exact) mass is 462 g/mol. The molecule has 0 bridgehead atoms. The second-order valence-corrected chi connectivity index (χ2v) is 8.21. The van der Waals surface area contributed by atoms with E-state index in [1.165, 1.54) is 18.3 Å². The van der Waals surface area contributed by atoms with Gasteiger partial charge >= 0.3 is 6.09 Å². The third kappa shape index (κ3) is 4.19. The molecule has 34 heavy (non-hydrogen) atoms. The van der Waals surface area contributed by atoms with E-state index in [1.807, 2.05) is 6.07 Å². The van der Waals surface area contributed by atoms with Gasteiger partial charge < -0.3 is 20.6 Å². The zero-order valence-electron chi connectivity index (χ0n) is 18.4. The molecule has 0 saturated carbocycles. The number of halogens is 1. The Kier molecular flexibility index (Phi) is 5.66. The van der Waals surface area contributed by atoms with Crippen molar-refractivity contribution < 1.29 is 14.3 Å². The molecular weight excluding hydrogens is 439 g/mol. The van der Waals surface area contributed by atoms with Gasteiger partial charge in [-0.2, -0.15) is 9.61 Å². The second kappa shape index (κ2) is 8.93. The number of carboxylic acid groups (broad SMARTS) is 1. The van der Waals surface area contributed by atoms with Crippen LogP contribution >= 0.6 is 0 Å². The van der Waals surface area contributed by atoms with Gasteiger partial charge in [-0.3, -0.25) is 9.97 Å². The molecule has 5 rings (SSSR count). The van der Waals surface area contributed by atoms with Crippen LogP contribution in [-0.2, 0) is 0 Å². The topological polar surface area (TPSA) is 121 Å². The van der Waals surface area contributed by atoms with Crippen LogP contribution in [0.2, 0.25) is 0 Å². The molecule has 4 aromatic heterocycles. The van der Waals surface area contributed by atoms with Gasteiger partial charge in [-0.1, -0.05) is 0 Å². The first-order valence-corrected chi connectivity index (χ1v) is 10.9. The summed E-state index contributed by atoms with van der Waals surface area (Å²) in [6.07, 6.45) is 7.18. The highest BCUT2D eigenvalue weighted by Crippen LogP contribution is 2.32. The summed E-state index contributed by atoms with van der Waals surface area (Å²) in [5, 5.41) is 19.6. The lowest BCUT2D eigenvalue weighted by Gasteiger charge is -2.40. The molecule has 1 aliphatic rings. The van der Waals surface area contributed by atoms with Crippen molar-refractivity contribution in [3.63, 3.8) is 0 Å². The van der Waals surface area contributed by atoms with E-state index in [-0.39, 0.29) is 17.8 Å². The highest BCUT2D eigenvalue weighted by molar-refractivity contribution is 5.74. The normalized spacial score (nSPS) is 18.1. The summed E-state index contributed by atoms with van der Waals surface area (Å²) in [6, 6.07) is 8.31. The van der Waals surface area contributed by atoms with Crippen molar-refractivity contribution in [3.8, 4) is 11.4 Å². The zero-order valence-corrected chi connectivity index (χ0v) is 18.4. The molecule has 0 aromatic carbocycles. The summed E-state index contributed by atoms with van der Waals surface area (Å²) in [6.45, 7) is 2.65. The van der Waals surface area contributed by atoms with Crippen molar-refractivity contribution >= 4 is 28.9 Å². The van der Waals surface area contributed by atoms with E-state index in [4.69, 9.17) is 5.11 Å². The van der Waals surface area contributed by atoms with Gasteiger partial charge in [0.15, 0.2) is 5.82 Å². The summed E-state index contributed by atoms with van der Waals surface area (Å²) in [5.74, 6) is -0.0190. The predicted molar refractivity (Wildman–Crippen MR) is 125 cm³/mol. The zero-order chi connectivity index (χ0) is 23.7. The number of amides is 1. The van der Waals surface area contributed by atoms with Crippen molar-refractivity contribution in [1.29, 1.82) is 0 Å². The Morgan fingerprint density at radius 1 is 1.15 bits per heavy atom. The molecule has 0 aliphatic carbocycles. The number of piperidine rings is 1. The van der Waals surface area contributed by atoms with Crippen LogP contribution in [0.3, 0.4) is 0 Å². The molecule has 10 nitrogen and oxygen atoms in total. The van der Waals surface area contributed by atoms with E-state index in [0.29, 0.717) is 23.9 Å². The molecule has 1 amide bonds. The lowest BCUT2D eigenvalue weighted by molar-refractivity contribution is 0.187. The fourth-order valence-electron chi connectivity index (χ4n) is 4.26. The lowest BCUT2D eigenvalue weighted by atomic mass is 9.98. The Hall–Kier alpha value is -4.28. The molecule has 2 atom stereocenters. The summed E-state index contributed by atoms with van der Waals surface area (Å²) < 4.78 is 15.8. The van der Waals surface area contributed by atoms with Crippen LogP contribution in [0.4, 0.5) is 26.5 Å². The largest absolute Gasteiger partial charge is 0.465 e. The molecule has 3 N–H and O–H groups in total. The highest BCUT2D eigenvalue weighted by atomic mass is 19.1. The number of pyridine rings is 2. The number of nitrogens with zero attached hydrogens (tertiary/aromatic N) is 6. The maximum Gasteiger partial charge on any atom is 0.404 e. The maximum atomic E-state index is 14.3. The third-order valence-electron chi connectivity index (χ3n) is 5.95. The molecule has 11 heteroatoms. The van der Waals surface area contributed by atoms with Gasteiger partial charge in [0, 0.05) is 31.0 Å². The first-order valence-electron chi connectivity index (χ1n) is 10.9. The lowest BCUT2D eigenvalue weighted by Crippen LogP contribution is -2.51. The summed E-state index contributed by atoms with van der Waals surface area (Å²) >= 11 is 0. The Balaban J connectivity index is 1.47. The molecular formula is C23H23FN8O2. The first-order chi connectivity index (χ1) is 16.5. The Morgan fingerprint density at radius 3 is 2.85 bits per heavy atom. The number of hydrogen-bond donors (Lipinski definition) is 3. The molecule has 0 spiro atoms. The van der Waals surface area contributed by atoms with Gasteiger partial charge in [-0.25, -0.2) is 14.2 Å². The molecule has 1 saturated heterocycles. The average molecular weight is 462 g/mol. The number of rotatable bonds is 5. The van der Waals surface area contributed by atoms with Crippen LogP contribution in [0.15, 0.2) is 55.1 Å². The second-order valence-electron chi connectivity index (χ2n) is 8.21. The smallest absolute Gasteiger partial charge is 0.404 e. The first kappa shape index (κ1) is 21.6. The standard InChI is InChI=1S/C23H23FN8O2/c1-14-4-5-15(28-23(33)34)13-31(14)20-8-10-25-12-19(20)29-22-27-11-16-6-7-18(30-32(16)22)21-17(24)3-2-9-26-21/h2-3,6-12,14-15,28H,4-5,13H2,1H3,(H,27,29)(H,33,34)/t14-,15+/m1/s1. The molecule has 0 radical (unpaired) electrons. The van der Waals surface area contributed by atoms with E-state index in [0.717, 1.165) is 24.0 Å². The van der Waals surface area contributed by atoms with Gasteiger partial charge in [0.1, 0.15) is 11.4 Å². The number of aromatic nitrogens is 5. The van der Waals surface area contributed by atoms with Crippen LogP contribution in [0, 0.1) is 5.82 Å². The van der Waals surface area contributed by atoms with Gasteiger partial charge in [-0.15, -0.1) is 0 Å². The maximum absolute atomic E-state index is 14.3. The number of anilines is 3. The highest BCUT2D eigenvalue weighted by Gasteiger charge is 2.28. The molecule has 5 heterocycles. The molecule has 174 valence electrons. The van der Waals surface area contributed by atoms with Crippen LogP contribution in [-0.4, -0.2) is 54.4 Å². The van der Waals surface area contributed by atoms with Crippen molar-refractivity contribution in [2.24, 2.45) is 0 Å². The fourth-order valence-corrected chi connectivity index (χ4v) is 4.26. The number of hydrogen-bond acceptors (Lipinski definition) is 7. The quantitative estimate of drug-likeness (QED) is 0.411. The minimum atomic E-state index is -1.03. The van der Waals surface area contributed by atoms with Gasteiger partial charge in [0.25, 0.3) is 0 Å². The Bertz CT molecular complexity index is 1340. The SMILES string of the molecule is C[C@@H]1CC[C@H](NC(=O)O)CN1c1ccncc1Nc1ncc2ccc(-c3ncccc3F)nn12. The molecule has 1 fully saturated rings. The number of nitrogens with one attached hydrogen (secondary N) is 2. The van der Waals surface area contributed by atoms with E-state index in [9.17, 15) is 9.18 Å². The summed E-state index contributed by atoms with van der Waals surface area (Å²) in [5.41, 5.74) is 2.85. The van der Waals surface area contributed by atoms with E-state index in [1.54, 1.807) is 35.2 Å². The average Bonchev–Trinajstić information content (AvgIpc) is 3.23. The van der Waals surface area contributed by atoms with Crippen LogP contribution in [0.25, 0.3) is 16.9 Å². The molecule has 4 aromatic rings. The van der Waals surface area contributed by atoms with Crippen molar-refractivity contribution in [2.45, 2.75) is 31.8 Å². The van der Waals surface area contributed by atoms with Gasteiger partial charge in [-0.05, 0) is 50.1 Å². The van der Waals surface area contributed by atoms with E-state index < -0.39 is 11.9 Å². The van der Waals surface area contributed by atoms with Crippen LogP contribution in [0.5, 0.6) is 0 Å². The van der Waals surface area contributed by atoms with E-state index in [2.05, 4.69) is 42.5 Å². The summed E-state index contributed by atoms with van der Waals surface area (Å²) in [7, 11) is 0. The number of fused-ring (bicyclic) bond motifs is 1. The third-order valence-corrected chi connectivity index (χ3v) is 5.95.